The first-order valence-corrected chi connectivity index (χ1v) is 14.6. The molecule has 0 unspecified atom stereocenters. The predicted octanol–water partition coefficient (Wildman–Crippen LogP) is 10.4. The molecule has 0 aliphatic heterocycles. The SMILES string of the molecule is c1ccc(-c2nc(-c3ccccc3)nc(-c3cccc4oc5ccc6c7cccc8oc9cccc(c9c87)c6c5c34)n2)cc1. The summed E-state index contributed by atoms with van der Waals surface area (Å²) >= 11 is 0. The van der Waals surface area contributed by atoms with Gasteiger partial charge in [0.25, 0.3) is 0 Å². The molecule has 5 heteroatoms. The first-order chi connectivity index (χ1) is 21.8. The molecule has 0 amide bonds. The van der Waals surface area contributed by atoms with Crippen LogP contribution in [0.5, 0.6) is 0 Å². The molecule has 0 fully saturated rings. The van der Waals surface area contributed by atoms with Gasteiger partial charge >= 0.3 is 0 Å². The molecule has 5 nitrogen and oxygen atoms in total. The first-order valence-electron chi connectivity index (χ1n) is 14.6. The van der Waals surface area contributed by atoms with Crippen molar-refractivity contribution in [1.82, 2.24) is 15.0 Å². The van der Waals surface area contributed by atoms with Crippen LogP contribution < -0.4 is 0 Å². The Balaban J connectivity index is 1.36. The second kappa shape index (κ2) is 8.72. The van der Waals surface area contributed by atoms with Gasteiger partial charge in [-0.15, -0.1) is 0 Å². The van der Waals surface area contributed by atoms with Gasteiger partial charge in [-0.05, 0) is 46.5 Å². The fourth-order valence-corrected chi connectivity index (χ4v) is 6.83. The van der Waals surface area contributed by atoms with Crippen molar-refractivity contribution in [2.24, 2.45) is 0 Å². The Labute approximate surface area is 250 Å². The number of furan rings is 2. The zero-order chi connectivity index (χ0) is 28.8. The number of aromatic nitrogens is 3. The monoisotopic (exact) mass is 563 g/mol. The normalized spacial score (nSPS) is 12.1. The Morgan fingerprint density at radius 3 is 1.48 bits per heavy atom. The molecule has 3 heterocycles. The minimum atomic E-state index is 0.601. The highest BCUT2D eigenvalue weighted by molar-refractivity contribution is 6.39. The molecule has 0 saturated carbocycles. The van der Waals surface area contributed by atoms with Gasteiger partial charge in [0.05, 0.1) is 0 Å². The van der Waals surface area contributed by atoms with E-state index in [4.69, 9.17) is 23.8 Å². The third-order valence-corrected chi connectivity index (χ3v) is 8.69. The lowest BCUT2D eigenvalue weighted by atomic mass is 9.91. The maximum atomic E-state index is 6.55. The number of nitrogens with zero attached hydrogens (tertiary/aromatic N) is 3. The Morgan fingerprint density at radius 1 is 0.318 bits per heavy atom. The number of benzene rings is 7. The van der Waals surface area contributed by atoms with Gasteiger partial charge in [0.15, 0.2) is 17.5 Å². The number of rotatable bonds is 3. The Bertz CT molecular complexity index is 2650. The van der Waals surface area contributed by atoms with E-state index >= 15 is 0 Å². The maximum Gasteiger partial charge on any atom is 0.164 e. The van der Waals surface area contributed by atoms with E-state index in [1.54, 1.807) is 0 Å². The number of hydrogen-bond acceptors (Lipinski definition) is 5. The van der Waals surface area contributed by atoms with Crippen molar-refractivity contribution in [2.45, 2.75) is 0 Å². The van der Waals surface area contributed by atoms with Crippen LogP contribution in [0.2, 0.25) is 0 Å². The summed E-state index contributed by atoms with van der Waals surface area (Å²) in [5.74, 6) is 1.85. The van der Waals surface area contributed by atoms with Crippen LogP contribution in [0.15, 0.2) is 136 Å². The van der Waals surface area contributed by atoms with E-state index in [-0.39, 0.29) is 0 Å². The quantitative estimate of drug-likeness (QED) is 0.200. The van der Waals surface area contributed by atoms with Crippen molar-refractivity contribution in [3.63, 3.8) is 0 Å². The zero-order valence-corrected chi connectivity index (χ0v) is 23.3. The molecule has 0 atom stereocenters. The van der Waals surface area contributed by atoms with Gasteiger partial charge < -0.3 is 8.83 Å². The molecule has 204 valence electrons. The van der Waals surface area contributed by atoms with Gasteiger partial charge in [-0.1, -0.05) is 97.1 Å². The molecule has 7 aromatic carbocycles. The van der Waals surface area contributed by atoms with Gasteiger partial charge in [0.2, 0.25) is 0 Å². The molecule has 3 aromatic heterocycles. The number of fused-ring (bicyclic) bond motifs is 7. The van der Waals surface area contributed by atoms with Crippen LogP contribution in [-0.2, 0) is 0 Å². The van der Waals surface area contributed by atoms with Crippen LogP contribution in [0.4, 0.5) is 0 Å². The molecule has 0 aliphatic carbocycles. The van der Waals surface area contributed by atoms with Gasteiger partial charge in [-0.3, -0.25) is 0 Å². The van der Waals surface area contributed by atoms with Crippen LogP contribution in [0, 0.1) is 0 Å². The van der Waals surface area contributed by atoms with Gasteiger partial charge in [0.1, 0.15) is 22.3 Å². The molecule has 44 heavy (non-hydrogen) atoms. The summed E-state index contributed by atoms with van der Waals surface area (Å²) in [6.07, 6.45) is 0. The molecular weight excluding hydrogens is 542 g/mol. The summed E-state index contributed by atoms with van der Waals surface area (Å²) in [4.78, 5) is 15.0. The van der Waals surface area contributed by atoms with Gasteiger partial charge in [0, 0.05) is 43.6 Å². The third kappa shape index (κ3) is 3.21. The van der Waals surface area contributed by atoms with Crippen LogP contribution >= 0.6 is 0 Å². The van der Waals surface area contributed by atoms with E-state index in [9.17, 15) is 0 Å². The fraction of sp³-hybridized carbons (Fsp3) is 0. The second-order valence-corrected chi connectivity index (χ2v) is 11.1. The summed E-state index contributed by atoms with van der Waals surface area (Å²) in [6.45, 7) is 0. The minimum Gasteiger partial charge on any atom is -0.456 e. The first kappa shape index (κ1) is 23.5. The summed E-state index contributed by atoms with van der Waals surface area (Å²) in [5.41, 5.74) is 6.16. The van der Waals surface area contributed by atoms with Crippen LogP contribution in [0.25, 0.3) is 99.6 Å². The zero-order valence-electron chi connectivity index (χ0n) is 23.3. The molecule has 0 radical (unpaired) electrons. The van der Waals surface area contributed by atoms with Crippen molar-refractivity contribution in [2.75, 3.05) is 0 Å². The highest BCUT2D eigenvalue weighted by Gasteiger charge is 2.23. The molecule has 10 aromatic rings. The maximum absolute atomic E-state index is 6.55. The lowest BCUT2D eigenvalue weighted by molar-refractivity contribution is 0.669. The van der Waals surface area contributed by atoms with Crippen molar-refractivity contribution < 1.29 is 8.83 Å². The summed E-state index contributed by atoms with van der Waals surface area (Å²) in [5, 5.41) is 8.95. The Morgan fingerprint density at radius 2 is 0.818 bits per heavy atom. The summed E-state index contributed by atoms with van der Waals surface area (Å²) < 4.78 is 12.9. The molecular formula is C39H21N3O2. The van der Waals surface area contributed by atoms with Crippen LogP contribution in [-0.4, -0.2) is 15.0 Å². The highest BCUT2D eigenvalue weighted by atomic mass is 16.3. The van der Waals surface area contributed by atoms with E-state index in [1.807, 2.05) is 84.9 Å². The average Bonchev–Trinajstić information content (AvgIpc) is 3.67. The molecule has 0 saturated heterocycles. The van der Waals surface area contributed by atoms with Crippen molar-refractivity contribution in [1.29, 1.82) is 0 Å². The van der Waals surface area contributed by atoms with E-state index < -0.39 is 0 Å². The standard InChI is InChI=1S/C39H21N3O2/c1-3-10-22(11-4-1)37-40-38(23-12-5-2-6-13-23)42-39(41-37)27-16-9-19-30-35(27)36-31(44-30)21-20-25-24-14-7-17-28-33(24)34-26(32(25)36)15-8-18-29(34)43-28/h1-21H. The van der Waals surface area contributed by atoms with Gasteiger partial charge in [-0.25, -0.2) is 15.0 Å². The highest BCUT2D eigenvalue weighted by Crippen LogP contribution is 2.47. The minimum absolute atomic E-state index is 0.601. The second-order valence-electron chi connectivity index (χ2n) is 11.1. The third-order valence-electron chi connectivity index (χ3n) is 8.69. The van der Waals surface area contributed by atoms with Crippen molar-refractivity contribution >= 4 is 65.4 Å². The van der Waals surface area contributed by atoms with Gasteiger partial charge in [-0.2, -0.15) is 0 Å². The van der Waals surface area contributed by atoms with Crippen molar-refractivity contribution in [3.05, 3.63) is 127 Å². The van der Waals surface area contributed by atoms with E-state index in [2.05, 4.69) is 42.5 Å². The predicted molar refractivity (Wildman–Crippen MR) is 177 cm³/mol. The van der Waals surface area contributed by atoms with E-state index in [0.717, 1.165) is 76.7 Å². The Hall–Kier alpha value is -6.07. The van der Waals surface area contributed by atoms with E-state index in [0.29, 0.717) is 17.5 Å². The lowest BCUT2D eigenvalue weighted by Crippen LogP contribution is -2.00. The summed E-state index contributed by atoms with van der Waals surface area (Å²) in [6, 6.07) is 43.1. The fourth-order valence-electron chi connectivity index (χ4n) is 6.83. The molecule has 0 bridgehead atoms. The van der Waals surface area contributed by atoms with Crippen molar-refractivity contribution in [3.8, 4) is 34.2 Å². The van der Waals surface area contributed by atoms with Crippen LogP contribution in [0.3, 0.4) is 0 Å². The molecule has 10 rings (SSSR count). The molecule has 0 spiro atoms. The smallest absolute Gasteiger partial charge is 0.164 e. The average molecular weight is 564 g/mol. The number of hydrogen-bond donors (Lipinski definition) is 0. The van der Waals surface area contributed by atoms with E-state index in [1.165, 1.54) is 5.39 Å². The largest absolute Gasteiger partial charge is 0.456 e. The van der Waals surface area contributed by atoms with Crippen LogP contribution in [0.1, 0.15) is 0 Å². The Kier molecular flexibility index (Phi) is 4.66. The lowest BCUT2D eigenvalue weighted by Gasteiger charge is -2.11. The molecule has 0 N–H and O–H groups in total. The topological polar surface area (TPSA) is 65.0 Å². The molecule has 0 aliphatic rings. The summed E-state index contributed by atoms with van der Waals surface area (Å²) in [7, 11) is 0.